The molecule has 1 saturated carbocycles. The molecule has 0 aromatic rings. The van der Waals surface area contributed by atoms with Gasteiger partial charge in [-0.2, -0.15) is 0 Å². The Bertz CT molecular complexity index is 261. The molecule has 1 aliphatic heterocycles. The third-order valence-electron chi connectivity index (χ3n) is 4.97. The van der Waals surface area contributed by atoms with Gasteiger partial charge < -0.3 is 10.1 Å². The van der Waals surface area contributed by atoms with Gasteiger partial charge in [-0.3, -0.25) is 4.90 Å². The van der Waals surface area contributed by atoms with Crippen LogP contribution in [0.4, 0.5) is 0 Å². The number of rotatable bonds is 4. The van der Waals surface area contributed by atoms with Gasteiger partial charge in [-0.1, -0.05) is 26.7 Å². The summed E-state index contributed by atoms with van der Waals surface area (Å²) in [5.74, 6) is 0.709. The van der Waals surface area contributed by atoms with Crippen LogP contribution in [-0.2, 0) is 4.74 Å². The van der Waals surface area contributed by atoms with Crippen molar-refractivity contribution in [2.45, 2.75) is 64.1 Å². The van der Waals surface area contributed by atoms with E-state index in [-0.39, 0.29) is 0 Å². The summed E-state index contributed by atoms with van der Waals surface area (Å²) >= 11 is 0. The highest BCUT2D eigenvalue weighted by atomic mass is 16.5. The fourth-order valence-corrected chi connectivity index (χ4v) is 3.81. The highest BCUT2D eigenvalue weighted by Crippen LogP contribution is 2.38. The minimum atomic E-state index is 0.420. The van der Waals surface area contributed by atoms with Gasteiger partial charge in [0.2, 0.25) is 0 Å². The molecule has 106 valence electrons. The number of methoxy groups -OCH3 is 1. The van der Waals surface area contributed by atoms with Gasteiger partial charge in [0.05, 0.1) is 6.61 Å². The molecule has 0 aromatic carbocycles. The number of hydrogen-bond donors (Lipinski definition) is 1. The summed E-state index contributed by atoms with van der Waals surface area (Å²) < 4.78 is 5.39. The van der Waals surface area contributed by atoms with Crippen LogP contribution in [0.15, 0.2) is 0 Å². The Morgan fingerprint density at radius 3 is 2.50 bits per heavy atom. The first-order valence-electron chi connectivity index (χ1n) is 7.58. The van der Waals surface area contributed by atoms with Crippen LogP contribution >= 0.6 is 0 Å². The van der Waals surface area contributed by atoms with Crippen LogP contribution in [0.1, 0.15) is 46.5 Å². The standard InChI is InChI=1S/C15H30N2O/c1-12(2)14-9-17(13(3)10-18-4)15(11-16-14)7-5-6-8-15/h12-14,16H,5-11H2,1-4H3. The summed E-state index contributed by atoms with van der Waals surface area (Å²) in [7, 11) is 1.82. The van der Waals surface area contributed by atoms with E-state index in [0.717, 1.165) is 6.61 Å². The van der Waals surface area contributed by atoms with E-state index in [1.54, 1.807) is 0 Å². The van der Waals surface area contributed by atoms with Gasteiger partial charge in [0.15, 0.2) is 0 Å². The van der Waals surface area contributed by atoms with Gasteiger partial charge >= 0.3 is 0 Å². The number of ether oxygens (including phenoxy) is 1. The minimum absolute atomic E-state index is 0.420. The smallest absolute Gasteiger partial charge is 0.0615 e. The molecule has 18 heavy (non-hydrogen) atoms. The van der Waals surface area contributed by atoms with Crippen LogP contribution in [0.3, 0.4) is 0 Å². The van der Waals surface area contributed by atoms with Crippen molar-refractivity contribution >= 4 is 0 Å². The average molecular weight is 254 g/mol. The molecular weight excluding hydrogens is 224 g/mol. The molecule has 3 nitrogen and oxygen atoms in total. The second-order valence-electron chi connectivity index (χ2n) is 6.62. The summed E-state index contributed by atoms with van der Waals surface area (Å²) in [5.41, 5.74) is 0.420. The van der Waals surface area contributed by atoms with E-state index < -0.39 is 0 Å². The number of nitrogens with one attached hydrogen (secondary N) is 1. The molecule has 0 amide bonds. The molecule has 1 N–H and O–H groups in total. The van der Waals surface area contributed by atoms with E-state index in [1.165, 1.54) is 38.8 Å². The third-order valence-corrected chi connectivity index (χ3v) is 4.97. The largest absolute Gasteiger partial charge is 0.383 e. The van der Waals surface area contributed by atoms with Crippen molar-refractivity contribution in [1.29, 1.82) is 0 Å². The Morgan fingerprint density at radius 2 is 1.94 bits per heavy atom. The molecule has 1 saturated heterocycles. The van der Waals surface area contributed by atoms with E-state index in [4.69, 9.17) is 4.74 Å². The van der Waals surface area contributed by atoms with Gasteiger partial charge in [-0.25, -0.2) is 0 Å². The lowest BCUT2D eigenvalue weighted by atomic mass is 9.87. The van der Waals surface area contributed by atoms with Crippen molar-refractivity contribution in [1.82, 2.24) is 10.2 Å². The van der Waals surface area contributed by atoms with Crippen molar-refractivity contribution in [2.75, 3.05) is 26.8 Å². The molecule has 3 heteroatoms. The lowest BCUT2D eigenvalue weighted by Gasteiger charge is -2.51. The monoisotopic (exact) mass is 254 g/mol. The molecule has 2 fully saturated rings. The summed E-state index contributed by atoms with van der Waals surface area (Å²) in [6.45, 7) is 10.2. The zero-order chi connectivity index (χ0) is 13.2. The minimum Gasteiger partial charge on any atom is -0.383 e. The average Bonchev–Trinajstić information content (AvgIpc) is 2.78. The first kappa shape index (κ1) is 14.3. The van der Waals surface area contributed by atoms with Gasteiger partial charge in [-0.15, -0.1) is 0 Å². The molecule has 2 atom stereocenters. The van der Waals surface area contributed by atoms with Crippen molar-refractivity contribution in [3.8, 4) is 0 Å². The maximum absolute atomic E-state index is 5.39. The summed E-state index contributed by atoms with van der Waals surface area (Å²) in [6, 6.07) is 1.17. The molecule has 2 rings (SSSR count). The number of piperazine rings is 1. The van der Waals surface area contributed by atoms with E-state index >= 15 is 0 Å². The highest BCUT2D eigenvalue weighted by Gasteiger charge is 2.45. The summed E-state index contributed by atoms with van der Waals surface area (Å²) in [4.78, 5) is 2.75. The number of hydrogen-bond acceptors (Lipinski definition) is 3. The van der Waals surface area contributed by atoms with Crippen molar-refractivity contribution in [2.24, 2.45) is 5.92 Å². The molecule has 0 aromatic heterocycles. The SMILES string of the molecule is COCC(C)N1CC(C(C)C)NCC12CCCC2. The van der Waals surface area contributed by atoms with Crippen LogP contribution in [0.2, 0.25) is 0 Å². The maximum Gasteiger partial charge on any atom is 0.0615 e. The molecule has 0 bridgehead atoms. The van der Waals surface area contributed by atoms with Crippen LogP contribution in [0.5, 0.6) is 0 Å². The summed E-state index contributed by atoms with van der Waals surface area (Å²) in [6.07, 6.45) is 5.51. The van der Waals surface area contributed by atoms with E-state index in [2.05, 4.69) is 31.0 Å². The van der Waals surface area contributed by atoms with E-state index in [0.29, 0.717) is 23.5 Å². The van der Waals surface area contributed by atoms with E-state index in [1.807, 2.05) is 7.11 Å². The van der Waals surface area contributed by atoms with Crippen LogP contribution in [-0.4, -0.2) is 49.3 Å². The first-order valence-corrected chi connectivity index (χ1v) is 7.58. The fourth-order valence-electron chi connectivity index (χ4n) is 3.81. The predicted molar refractivity (Wildman–Crippen MR) is 75.9 cm³/mol. The first-order chi connectivity index (χ1) is 8.59. The zero-order valence-electron chi connectivity index (χ0n) is 12.5. The predicted octanol–water partition coefficient (Wildman–Crippen LogP) is 2.26. The van der Waals surface area contributed by atoms with Gasteiger partial charge in [-0.05, 0) is 25.7 Å². The highest BCUT2D eigenvalue weighted by molar-refractivity contribution is 5.03. The zero-order valence-corrected chi connectivity index (χ0v) is 12.5. The van der Waals surface area contributed by atoms with Crippen LogP contribution in [0, 0.1) is 5.92 Å². The Kier molecular flexibility index (Phi) is 4.68. The quantitative estimate of drug-likeness (QED) is 0.833. The molecule has 1 spiro atoms. The fraction of sp³-hybridized carbons (Fsp3) is 1.00. The Hall–Kier alpha value is -0.120. The maximum atomic E-state index is 5.39. The van der Waals surface area contributed by atoms with Crippen molar-refractivity contribution < 1.29 is 4.74 Å². The van der Waals surface area contributed by atoms with E-state index in [9.17, 15) is 0 Å². The molecule has 2 aliphatic rings. The second-order valence-corrected chi connectivity index (χ2v) is 6.62. The van der Waals surface area contributed by atoms with Crippen molar-refractivity contribution in [3.63, 3.8) is 0 Å². The Morgan fingerprint density at radius 1 is 1.28 bits per heavy atom. The number of nitrogens with zero attached hydrogens (tertiary/aromatic N) is 1. The lowest BCUT2D eigenvalue weighted by molar-refractivity contribution is -0.0219. The molecule has 1 aliphatic carbocycles. The molecule has 1 heterocycles. The Balaban J connectivity index is 2.10. The van der Waals surface area contributed by atoms with Crippen LogP contribution in [0.25, 0.3) is 0 Å². The molecule has 2 unspecified atom stereocenters. The van der Waals surface area contributed by atoms with Gasteiger partial charge in [0.1, 0.15) is 0 Å². The van der Waals surface area contributed by atoms with Crippen LogP contribution < -0.4 is 5.32 Å². The summed E-state index contributed by atoms with van der Waals surface area (Å²) in [5, 5.41) is 3.80. The van der Waals surface area contributed by atoms with Crippen molar-refractivity contribution in [3.05, 3.63) is 0 Å². The lowest BCUT2D eigenvalue weighted by Crippen LogP contribution is -2.67. The molecular formula is C15H30N2O. The van der Waals surface area contributed by atoms with Gasteiger partial charge in [0, 0.05) is 37.8 Å². The normalized spacial score (nSPS) is 30.2. The third kappa shape index (κ3) is 2.73. The Labute approximate surface area is 112 Å². The molecule has 0 radical (unpaired) electrons. The topological polar surface area (TPSA) is 24.5 Å². The van der Waals surface area contributed by atoms with Gasteiger partial charge in [0.25, 0.3) is 0 Å². The second kappa shape index (κ2) is 5.89.